The standard InChI is InChI=1S/C10H10N4O2S2/c1-14(2)9-12-13-10(18-9)17-7-5-6(8(15)16)3-4-11-7/h3-5H,1-2H3,(H,15,16). The molecule has 0 amide bonds. The number of carbonyl (C=O) groups is 1. The summed E-state index contributed by atoms with van der Waals surface area (Å²) in [5.74, 6) is -0.967. The zero-order valence-electron chi connectivity index (χ0n) is 9.69. The molecule has 1 N–H and O–H groups in total. The monoisotopic (exact) mass is 282 g/mol. The Hall–Kier alpha value is -1.67. The highest BCUT2D eigenvalue weighted by molar-refractivity contribution is 8.01. The van der Waals surface area contributed by atoms with Gasteiger partial charge in [-0.15, -0.1) is 10.2 Å². The van der Waals surface area contributed by atoms with Crippen molar-refractivity contribution >= 4 is 34.2 Å². The lowest BCUT2D eigenvalue weighted by Crippen LogP contribution is -2.07. The third-order valence-electron chi connectivity index (χ3n) is 1.95. The lowest BCUT2D eigenvalue weighted by atomic mass is 10.3. The molecule has 2 aromatic heterocycles. The molecule has 0 aliphatic heterocycles. The quantitative estimate of drug-likeness (QED) is 0.916. The number of hydrogen-bond donors (Lipinski definition) is 1. The number of aromatic carboxylic acids is 1. The van der Waals surface area contributed by atoms with Gasteiger partial charge in [-0.05, 0) is 23.9 Å². The number of pyridine rings is 1. The first-order chi connectivity index (χ1) is 8.56. The molecule has 2 rings (SSSR count). The van der Waals surface area contributed by atoms with Crippen LogP contribution in [-0.2, 0) is 0 Å². The topological polar surface area (TPSA) is 79.2 Å². The molecule has 0 atom stereocenters. The number of anilines is 1. The second-order valence-electron chi connectivity index (χ2n) is 3.53. The average Bonchev–Trinajstić information content (AvgIpc) is 2.78. The molecule has 0 aromatic carbocycles. The Balaban J connectivity index is 2.17. The van der Waals surface area contributed by atoms with Gasteiger partial charge in [0.25, 0.3) is 0 Å². The van der Waals surface area contributed by atoms with Crippen LogP contribution in [0.25, 0.3) is 0 Å². The first-order valence-electron chi connectivity index (χ1n) is 4.94. The zero-order chi connectivity index (χ0) is 13.1. The van der Waals surface area contributed by atoms with Crippen LogP contribution in [0.1, 0.15) is 10.4 Å². The molecule has 0 spiro atoms. The molecule has 8 heteroatoms. The van der Waals surface area contributed by atoms with E-state index in [0.29, 0.717) is 5.03 Å². The van der Waals surface area contributed by atoms with E-state index in [1.54, 1.807) is 0 Å². The zero-order valence-corrected chi connectivity index (χ0v) is 11.3. The van der Waals surface area contributed by atoms with Crippen LogP contribution >= 0.6 is 23.1 Å². The predicted octanol–water partition coefficient (Wildman–Crippen LogP) is 1.85. The largest absolute Gasteiger partial charge is 0.478 e. The fraction of sp³-hybridized carbons (Fsp3) is 0.200. The summed E-state index contributed by atoms with van der Waals surface area (Å²) in [6, 6.07) is 2.97. The van der Waals surface area contributed by atoms with Crippen LogP contribution in [0, 0.1) is 0 Å². The maximum Gasteiger partial charge on any atom is 0.335 e. The van der Waals surface area contributed by atoms with Crippen molar-refractivity contribution in [2.24, 2.45) is 0 Å². The molecule has 18 heavy (non-hydrogen) atoms. The van der Waals surface area contributed by atoms with Crippen molar-refractivity contribution in [1.82, 2.24) is 15.2 Å². The molecule has 0 radical (unpaired) electrons. The second kappa shape index (κ2) is 5.32. The van der Waals surface area contributed by atoms with Crippen LogP contribution < -0.4 is 4.90 Å². The van der Waals surface area contributed by atoms with Crippen molar-refractivity contribution in [3.8, 4) is 0 Å². The predicted molar refractivity (Wildman–Crippen MR) is 69.6 cm³/mol. The summed E-state index contributed by atoms with van der Waals surface area (Å²) in [6.07, 6.45) is 1.47. The molecule has 6 nitrogen and oxygen atoms in total. The second-order valence-corrected chi connectivity index (χ2v) is 5.76. The van der Waals surface area contributed by atoms with Crippen LogP contribution in [-0.4, -0.2) is 40.4 Å². The van der Waals surface area contributed by atoms with E-state index in [1.165, 1.54) is 41.4 Å². The van der Waals surface area contributed by atoms with Gasteiger partial charge in [0.2, 0.25) is 5.13 Å². The van der Waals surface area contributed by atoms with Crippen molar-refractivity contribution in [3.05, 3.63) is 23.9 Å². The Morgan fingerprint density at radius 1 is 1.44 bits per heavy atom. The molecule has 0 aliphatic rings. The summed E-state index contributed by atoms with van der Waals surface area (Å²) in [4.78, 5) is 16.8. The maximum atomic E-state index is 10.8. The van der Waals surface area contributed by atoms with E-state index in [2.05, 4.69) is 15.2 Å². The van der Waals surface area contributed by atoms with E-state index in [1.807, 2.05) is 19.0 Å². The first kappa shape index (κ1) is 12.8. The first-order valence-corrected chi connectivity index (χ1v) is 6.57. The van der Waals surface area contributed by atoms with Gasteiger partial charge in [-0.3, -0.25) is 0 Å². The summed E-state index contributed by atoms with van der Waals surface area (Å²) in [5.41, 5.74) is 0.213. The van der Waals surface area contributed by atoms with Crippen molar-refractivity contribution in [2.45, 2.75) is 9.37 Å². The minimum Gasteiger partial charge on any atom is -0.478 e. The van der Waals surface area contributed by atoms with Crippen LogP contribution in [0.15, 0.2) is 27.7 Å². The van der Waals surface area contributed by atoms with Crippen molar-refractivity contribution < 1.29 is 9.90 Å². The highest BCUT2D eigenvalue weighted by Gasteiger charge is 2.10. The number of rotatable bonds is 4. The molecule has 0 fully saturated rings. The molecule has 94 valence electrons. The van der Waals surface area contributed by atoms with Crippen LogP contribution in [0.2, 0.25) is 0 Å². The molecule has 2 aromatic rings. The van der Waals surface area contributed by atoms with E-state index in [9.17, 15) is 4.79 Å². The molecule has 0 saturated heterocycles. The number of carboxylic acid groups (broad SMARTS) is 1. The number of carboxylic acids is 1. The molecule has 2 heterocycles. The Labute approximate surface area is 112 Å². The van der Waals surface area contributed by atoms with Crippen molar-refractivity contribution in [3.63, 3.8) is 0 Å². The van der Waals surface area contributed by atoms with Gasteiger partial charge in [0, 0.05) is 20.3 Å². The SMILES string of the molecule is CN(C)c1nnc(Sc2cc(C(=O)O)ccn2)s1. The van der Waals surface area contributed by atoms with Gasteiger partial charge in [-0.25, -0.2) is 9.78 Å². The van der Waals surface area contributed by atoms with Gasteiger partial charge >= 0.3 is 5.97 Å². The summed E-state index contributed by atoms with van der Waals surface area (Å²) in [7, 11) is 3.77. The summed E-state index contributed by atoms with van der Waals surface area (Å²) in [5, 5.41) is 18.3. The Kier molecular flexibility index (Phi) is 3.78. The van der Waals surface area contributed by atoms with Gasteiger partial charge in [0.05, 0.1) is 5.56 Å². The van der Waals surface area contributed by atoms with E-state index in [-0.39, 0.29) is 5.56 Å². The molecule has 0 aliphatic carbocycles. The fourth-order valence-electron chi connectivity index (χ4n) is 1.11. The van der Waals surface area contributed by atoms with E-state index < -0.39 is 5.97 Å². The number of hydrogen-bond acceptors (Lipinski definition) is 7. The van der Waals surface area contributed by atoms with E-state index >= 15 is 0 Å². The van der Waals surface area contributed by atoms with Crippen LogP contribution in [0.4, 0.5) is 5.13 Å². The minimum absolute atomic E-state index is 0.213. The van der Waals surface area contributed by atoms with Gasteiger partial charge in [0.15, 0.2) is 4.34 Å². The fourth-order valence-corrected chi connectivity index (χ4v) is 2.82. The molecule has 0 unspecified atom stereocenters. The van der Waals surface area contributed by atoms with Crippen molar-refractivity contribution in [2.75, 3.05) is 19.0 Å². The Morgan fingerprint density at radius 3 is 2.83 bits per heavy atom. The number of aromatic nitrogens is 3. The summed E-state index contributed by atoms with van der Waals surface area (Å²) in [6.45, 7) is 0. The average molecular weight is 282 g/mol. The Morgan fingerprint density at radius 2 is 2.22 bits per heavy atom. The van der Waals surface area contributed by atoms with E-state index in [4.69, 9.17) is 5.11 Å². The molecule has 0 saturated carbocycles. The van der Waals surface area contributed by atoms with Crippen molar-refractivity contribution in [1.29, 1.82) is 0 Å². The van der Waals surface area contributed by atoms with E-state index in [0.717, 1.165) is 9.47 Å². The Bertz CT molecular complexity index is 571. The number of nitrogens with zero attached hydrogens (tertiary/aromatic N) is 4. The normalized spacial score (nSPS) is 10.3. The van der Waals surface area contributed by atoms with Gasteiger partial charge in [-0.1, -0.05) is 11.3 Å². The smallest absolute Gasteiger partial charge is 0.335 e. The third-order valence-corrected chi connectivity index (χ3v) is 4.03. The molecular weight excluding hydrogens is 272 g/mol. The van der Waals surface area contributed by atoms with Crippen LogP contribution in [0.5, 0.6) is 0 Å². The lowest BCUT2D eigenvalue weighted by Gasteiger charge is -2.03. The highest BCUT2D eigenvalue weighted by atomic mass is 32.2. The van der Waals surface area contributed by atoms with Gasteiger partial charge in [0.1, 0.15) is 5.03 Å². The van der Waals surface area contributed by atoms with Gasteiger partial charge in [-0.2, -0.15) is 0 Å². The van der Waals surface area contributed by atoms with Crippen LogP contribution in [0.3, 0.4) is 0 Å². The summed E-state index contributed by atoms with van der Waals surface area (Å²) >= 11 is 2.73. The third kappa shape index (κ3) is 2.96. The maximum absolute atomic E-state index is 10.8. The summed E-state index contributed by atoms with van der Waals surface area (Å²) < 4.78 is 0.730. The lowest BCUT2D eigenvalue weighted by molar-refractivity contribution is 0.0696. The molecule has 0 bridgehead atoms. The minimum atomic E-state index is -0.967. The van der Waals surface area contributed by atoms with Gasteiger partial charge < -0.3 is 10.0 Å². The highest BCUT2D eigenvalue weighted by Crippen LogP contribution is 2.31. The molecular formula is C10H10N4O2S2.